The summed E-state index contributed by atoms with van der Waals surface area (Å²) in [5.74, 6) is 0.246. The van der Waals surface area contributed by atoms with E-state index in [0.717, 1.165) is 0 Å². The average Bonchev–Trinajstić information content (AvgIpc) is 2.18. The molecule has 0 radical (unpaired) electrons. The van der Waals surface area contributed by atoms with Crippen molar-refractivity contribution in [1.82, 2.24) is 10.3 Å². The first-order valence-corrected chi connectivity index (χ1v) is 5.22. The standard InChI is InChI=1S/C10H13ClN2O2/c1-7(2-4-11)13-10(15)8-3-5-12-9(14)6-8/h3,5-7H,2,4H2,1H3,(H,12,14)(H,13,15). The number of rotatable bonds is 4. The molecule has 1 amide bonds. The van der Waals surface area contributed by atoms with Gasteiger partial charge in [-0.05, 0) is 19.4 Å². The van der Waals surface area contributed by atoms with E-state index in [9.17, 15) is 9.59 Å². The van der Waals surface area contributed by atoms with Crippen LogP contribution in [0.4, 0.5) is 0 Å². The van der Waals surface area contributed by atoms with Gasteiger partial charge in [-0.15, -0.1) is 11.6 Å². The fourth-order valence-corrected chi connectivity index (χ4v) is 1.46. The highest BCUT2D eigenvalue weighted by Gasteiger charge is 2.09. The van der Waals surface area contributed by atoms with Crippen molar-refractivity contribution in [1.29, 1.82) is 0 Å². The predicted octanol–water partition coefficient (Wildman–Crippen LogP) is 1.12. The van der Waals surface area contributed by atoms with Crippen molar-refractivity contribution in [3.63, 3.8) is 0 Å². The van der Waals surface area contributed by atoms with Crippen LogP contribution in [0.5, 0.6) is 0 Å². The number of aromatic amines is 1. The molecule has 1 unspecified atom stereocenters. The van der Waals surface area contributed by atoms with Gasteiger partial charge in [-0.1, -0.05) is 0 Å². The highest BCUT2D eigenvalue weighted by molar-refractivity contribution is 6.17. The topological polar surface area (TPSA) is 62.0 Å². The maximum Gasteiger partial charge on any atom is 0.251 e. The van der Waals surface area contributed by atoms with Crippen LogP contribution in [-0.4, -0.2) is 22.8 Å². The lowest BCUT2D eigenvalue weighted by Gasteiger charge is -2.11. The highest BCUT2D eigenvalue weighted by atomic mass is 35.5. The van der Waals surface area contributed by atoms with Crippen LogP contribution in [0.15, 0.2) is 23.1 Å². The normalized spacial score (nSPS) is 12.1. The molecule has 82 valence electrons. The number of halogens is 1. The molecule has 0 aromatic carbocycles. The smallest absolute Gasteiger partial charge is 0.251 e. The van der Waals surface area contributed by atoms with E-state index in [1.807, 2.05) is 6.92 Å². The van der Waals surface area contributed by atoms with E-state index in [4.69, 9.17) is 11.6 Å². The summed E-state index contributed by atoms with van der Waals surface area (Å²) in [6.07, 6.45) is 2.15. The van der Waals surface area contributed by atoms with Gasteiger partial charge in [-0.2, -0.15) is 0 Å². The second kappa shape index (κ2) is 5.56. The lowest BCUT2D eigenvalue weighted by Crippen LogP contribution is -2.33. The number of hydrogen-bond acceptors (Lipinski definition) is 2. The van der Waals surface area contributed by atoms with Gasteiger partial charge in [0, 0.05) is 29.7 Å². The number of amides is 1. The Morgan fingerprint density at radius 3 is 3.00 bits per heavy atom. The zero-order chi connectivity index (χ0) is 11.3. The Kier molecular flexibility index (Phi) is 4.37. The Morgan fingerprint density at radius 1 is 1.67 bits per heavy atom. The van der Waals surface area contributed by atoms with E-state index in [1.165, 1.54) is 12.3 Å². The monoisotopic (exact) mass is 228 g/mol. The van der Waals surface area contributed by atoms with E-state index < -0.39 is 0 Å². The molecule has 1 heterocycles. The van der Waals surface area contributed by atoms with Crippen LogP contribution in [0.25, 0.3) is 0 Å². The summed E-state index contributed by atoms with van der Waals surface area (Å²) >= 11 is 5.54. The number of H-pyrrole nitrogens is 1. The Balaban J connectivity index is 2.65. The number of carbonyl (C=O) groups is 1. The van der Waals surface area contributed by atoms with Crippen LogP contribution in [-0.2, 0) is 0 Å². The summed E-state index contributed by atoms with van der Waals surface area (Å²) < 4.78 is 0. The Bertz CT molecular complexity index is 389. The summed E-state index contributed by atoms with van der Waals surface area (Å²) in [6, 6.07) is 2.83. The van der Waals surface area contributed by atoms with Gasteiger partial charge in [0.05, 0.1) is 0 Å². The van der Waals surface area contributed by atoms with Gasteiger partial charge in [0.1, 0.15) is 0 Å². The minimum atomic E-state index is -0.285. The van der Waals surface area contributed by atoms with Crippen molar-refractivity contribution in [2.45, 2.75) is 19.4 Å². The predicted molar refractivity (Wildman–Crippen MR) is 59.3 cm³/mol. The van der Waals surface area contributed by atoms with Gasteiger partial charge in [-0.25, -0.2) is 0 Å². The summed E-state index contributed by atoms with van der Waals surface area (Å²) in [5, 5.41) is 2.75. The van der Waals surface area contributed by atoms with Crippen LogP contribution < -0.4 is 10.9 Å². The molecule has 0 aliphatic carbocycles. The third-order valence-electron chi connectivity index (χ3n) is 1.96. The molecule has 4 nitrogen and oxygen atoms in total. The van der Waals surface area contributed by atoms with Crippen LogP contribution in [0, 0.1) is 0 Å². The molecule has 15 heavy (non-hydrogen) atoms. The zero-order valence-electron chi connectivity index (χ0n) is 8.42. The minimum Gasteiger partial charge on any atom is -0.350 e. The maximum absolute atomic E-state index is 11.6. The maximum atomic E-state index is 11.6. The first kappa shape index (κ1) is 11.8. The van der Waals surface area contributed by atoms with Crippen molar-refractivity contribution in [3.05, 3.63) is 34.2 Å². The SMILES string of the molecule is CC(CCCl)NC(=O)c1cc[nH]c(=O)c1. The Hall–Kier alpha value is -1.29. The molecule has 0 spiro atoms. The van der Waals surface area contributed by atoms with Crippen molar-refractivity contribution >= 4 is 17.5 Å². The summed E-state index contributed by atoms with van der Waals surface area (Å²) in [5.41, 5.74) is 0.0767. The highest BCUT2D eigenvalue weighted by Crippen LogP contribution is 1.97. The molecule has 1 rings (SSSR count). The quantitative estimate of drug-likeness (QED) is 0.759. The van der Waals surface area contributed by atoms with Crippen LogP contribution in [0.2, 0.25) is 0 Å². The average molecular weight is 229 g/mol. The number of pyridine rings is 1. The second-order valence-corrected chi connectivity index (χ2v) is 3.67. The van der Waals surface area contributed by atoms with E-state index in [1.54, 1.807) is 6.07 Å². The molecule has 1 atom stereocenters. The molecule has 0 fully saturated rings. The second-order valence-electron chi connectivity index (χ2n) is 3.29. The lowest BCUT2D eigenvalue weighted by molar-refractivity contribution is 0.0939. The van der Waals surface area contributed by atoms with Crippen molar-refractivity contribution in [2.24, 2.45) is 0 Å². The third-order valence-corrected chi connectivity index (χ3v) is 2.18. The van der Waals surface area contributed by atoms with Gasteiger partial charge in [0.2, 0.25) is 5.56 Å². The minimum absolute atomic E-state index is 0.00860. The van der Waals surface area contributed by atoms with Crippen LogP contribution in [0.3, 0.4) is 0 Å². The summed E-state index contributed by atoms with van der Waals surface area (Å²) in [6.45, 7) is 1.87. The number of nitrogens with one attached hydrogen (secondary N) is 2. The van der Waals surface area contributed by atoms with E-state index in [-0.39, 0.29) is 17.5 Å². The van der Waals surface area contributed by atoms with Gasteiger partial charge >= 0.3 is 0 Å². The molecular weight excluding hydrogens is 216 g/mol. The van der Waals surface area contributed by atoms with Crippen molar-refractivity contribution in [3.8, 4) is 0 Å². The molecule has 1 aromatic rings. The number of carbonyl (C=O) groups excluding carboxylic acids is 1. The number of alkyl halides is 1. The fraction of sp³-hybridized carbons (Fsp3) is 0.400. The van der Waals surface area contributed by atoms with Crippen LogP contribution >= 0.6 is 11.6 Å². The van der Waals surface area contributed by atoms with Crippen molar-refractivity contribution in [2.75, 3.05) is 5.88 Å². The van der Waals surface area contributed by atoms with E-state index in [0.29, 0.717) is 17.9 Å². The molecule has 0 aliphatic rings. The zero-order valence-corrected chi connectivity index (χ0v) is 9.17. The fourth-order valence-electron chi connectivity index (χ4n) is 1.13. The molecular formula is C10H13ClN2O2. The first-order valence-electron chi connectivity index (χ1n) is 4.69. The molecule has 5 heteroatoms. The van der Waals surface area contributed by atoms with E-state index >= 15 is 0 Å². The van der Waals surface area contributed by atoms with Gasteiger partial charge in [-0.3, -0.25) is 9.59 Å². The van der Waals surface area contributed by atoms with Gasteiger partial charge < -0.3 is 10.3 Å². The van der Waals surface area contributed by atoms with Gasteiger partial charge in [0.15, 0.2) is 0 Å². The largest absolute Gasteiger partial charge is 0.350 e. The number of hydrogen-bond donors (Lipinski definition) is 2. The molecule has 0 saturated heterocycles. The van der Waals surface area contributed by atoms with Crippen molar-refractivity contribution < 1.29 is 4.79 Å². The molecule has 1 aromatic heterocycles. The Morgan fingerprint density at radius 2 is 2.40 bits per heavy atom. The summed E-state index contributed by atoms with van der Waals surface area (Å²) in [7, 11) is 0. The molecule has 0 saturated carbocycles. The molecule has 0 bridgehead atoms. The first-order chi connectivity index (χ1) is 7.13. The van der Waals surface area contributed by atoms with Crippen LogP contribution in [0.1, 0.15) is 23.7 Å². The molecule has 2 N–H and O–H groups in total. The summed E-state index contributed by atoms with van der Waals surface area (Å²) in [4.78, 5) is 25.0. The van der Waals surface area contributed by atoms with E-state index in [2.05, 4.69) is 10.3 Å². The number of aromatic nitrogens is 1. The lowest BCUT2D eigenvalue weighted by atomic mass is 10.2. The molecule has 0 aliphatic heterocycles. The Labute approximate surface area is 92.7 Å². The van der Waals surface area contributed by atoms with Gasteiger partial charge in [0.25, 0.3) is 5.91 Å². The third kappa shape index (κ3) is 3.75.